The first kappa shape index (κ1) is 13.7. The third-order valence-electron chi connectivity index (χ3n) is 3.13. The van der Waals surface area contributed by atoms with Gasteiger partial charge in [0.2, 0.25) is 0 Å². The molecule has 1 fully saturated rings. The lowest BCUT2D eigenvalue weighted by Crippen LogP contribution is -2.38. The summed E-state index contributed by atoms with van der Waals surface area (Å²) in [7, 11) is 0.191. The molecule has 98 valence electrons. The Morgan fingerprint density at radius 3 is 2.67 bits per heavy atom. The Kier molecular flexibility index (Phi) is 4.94. The fraction of sp³-hybridized carbons (Fsp3) is 0.500. The molecule has 2 N–H and O–H groups in total. The van der Waals surface area contributed by atoms with Crippen LogP contribution in [0.2, 0.25) is 0 Å². The van der Waals surface area contributed by atoms with Crippen LogP contribution in [-0.4, -0.2) is 53.8 Å². The summed E-state index contributed by atoms with van der Waals surface area (Å²) < 4.78 is 5.19. The maximum absolute atomic E-state index is 9.39. The molecule has 1 heterocycles. The van der Waals surface area contributed by atoms with Crippen LogP contribution in [0.3, 0.4) is 0 Å². The molecule has 1 saturated heterocycles. The van der Waals surface area contributed by atoms with Gasteiger partial charge in [-0.3, -0.25) is 4.90 Å². The summed E-state index contributed by atoms with van der Waals surface area (Å²) >= 11 is 1.96. The molecule has 18 heavy (non-hydrogen) atoms. The van der Waals surface area contributed by atoms with Crippen LogP contribution < -0.4 is 10.2 Å². The summed E-state index contributed by atoms with van der Waals surface area (Å²) in [5, 5.41) is 18.8. The number of benzene rings is 1. The quantitative estimate of drug-likeness (QED) is 0.748. The highest BCUT2D eigenvalue weighted by molar-refractivity contribution is 7.99. The van der Waals surface area contributed by atoms with Gasteiger partial charge in [0.25, 0.3) is 0 Å². The van der Waals surface area contributed by atoms with E-state index in [2.05, 4.69) is 4.90 Å². The SMILES string of the molecule is COc1ccc(B(O)O)c(CN2CCSCC2)c1. The molecule has 4 nitrogen and oxygen atoms in total. The molecular formula is C12H18BNO3S. The average molecular weight is 267 g/mol. The van der Waals surface area contributed by atoms with E-state index < -0.39 is 7.12 Å². The zero-order valence-corrected chi connectivity index (χ0v) is 11.3. The van der Waals surface area contributed by atoms with Crippen LogP contribution in [-0.2, 0) is 6.54 Å². The van der Waals surface area contributed by atoms with Gasteiger partial charge in [0.1, 0.15) is 5.75 Å². The maximum atomic E-state index is 9.39. The maximum Gasteiger partial charge on any atom is 0.488 e. The van der Waals surface area contributed by atoms with Gasteiger partial charge in [-0.05, 0) is 23.2 Å². The van der Waals surface area contributed by atoms with Crippen LogP contribution in [0.25, 0.3) is 0 Å². The second-order valence-electron chi connectivity index (χ2n) is 4.33. The zero-order valence-electron chi connectivity index (χ0n) is 10.5. The predicted octanol–water partition coefficient (Wildman–Crippen LogP) is -0.0762. The van der Waals surface area contributed by atoms with Gasteiger partial charge < -0.3 is 14.8 Å². The molecule has 2 rings (SSSR count). The van der Waals surface area contributed by atoms with E-state index in [0.717, 1.165) is 42.5 Å². The molecule has 0 bridgehead atoms. The average Bonchev–Trinajstić information content (AvgIpc) is 2.39. The summed E-state index contributed by atoms with van der Waals surface area (Å²) in [6.07, 6.45) is 0. The van der Waals surface area contributed by atoms with Crippen molar-refractivity contribution in [2.45, 2.75) is 6.54 Å². The van der Waals surface area contributed by atoms with Gasteiger partial charge in [0.05, 0.1) is 7.11 Å². The fourth-order valence-electron chi connectivity index (χ4n) is 2.10. The van der Waals surface area contributed by atoms with E-state index in [1.54, 1.807) is 19.2 Å². The third-order valence-corrected chi connectivity index (χ3v) is 4.07. The molecule has 0 amide bonds. The number of nitrogens with zero attached hydrogens (tertiary/aromatic N) is 1. The predicted molar refractivity (Wildman–Crippen MR) is 75.4 cm³/mol. The Bertz CT molecular complexity index is 397. The number of hydrogen-bond acceptors (Lipinski definition) is 5. The van der Waals surface area contributed by atoms with Crippen molar-refractivity contribution in [1.29, 1.82) is 0 Å². The van der Waals surface area contributed by atoms with Gasteiger partial charge >= 0.3 is 7.12 Å². The first-order valence-corrected chi connectivity index (χ1v) is 7.19. The van der Waals surface area contributed by atoms with E-state index in [0.29, 0.717) is 5.46 Å². The van der Waals surface area contributed by atoms with Gasteiger partial charge in [0.15, 0.2) is 0 Å². The van der Waals surface area contributed by atoms with Gasteiger partial charge in [-0.15, -0.1) is 0 Å². The van der Waals surface area contributed by atoms with E-state index in [4.69, 9.17) is 4.74 Å². The third kappa shape index (κ3) is 3.41. The number of thioether (sulfide) groups is 1. The van der Waals surface area contributed by atoms with Crippen molar-refractivity contribution < 1.29 is 14.8 Å². The number of hydrogen-bond donors (Lipinski definition) is 2. The molecule has 0 saturated carbocycles. The minimum Gasteiger partial charge on any atom is -0.497 e. The topological polar surface area (TPSA) is 52.9 Å². The van der Waals surface area contributed by atoms with Crippen molar-refractivity contribution in [3.63, 3.8) is 0 Å². The molecule has 6 heteroatoms. The van der Waals surface area contributed by atoms with Gasteiger partial charge in [-0.25, -0.2) is 0 Å². The standard InChI is InChI=1S/C12H18BNO3S/c1-17-11-2-3-12(13(15)16)10(8-11)9-14-4-6-18-7-5-14/h2-3,8,15-16H,4-7,9H2,1H3. The van der Waals surface area contributed by atoms with Crippen molar-refractivity contribution in [2.24, 2.45) is 0 Å². The molecule has 0 unspecified atom stereocenters. The number of methoxy groups -OCH3 is 1. The van der Waals surface area contributed by atoms with E-state index in [-0.39, 0.29) is 0 Å². The molecule has 0 radical (unpaired) electrons. The molecule has 0 spiro atoms. The van der Waals surface area contributed by atoms with Crippen LogP contribution in [0, 0.1) is 0 Å². The number of ether oxygens (including phenoxy) is 1. The van der Waals surface area contributed by atoms with Crippen molar-refractivity contribution >= 4 is 24.3 Å². The van der Waals surface area contributed by atoms with Crippen molar-refractivity contribution in [2.75, 3.05) is 31.7 Å². The van der Waals surface area contributed by atoms with Crippen molar-refractivity contribution in [1.82, 2.24) is 4.90 Å². The Morgan fingerprint density at radius 2 is 2.06 bits per heavy atom. The minimum absolute atomic E-state index is 0.564. The molecule has 0 atom stereocenters. The van der Waals surface area contributed by atoms with E-state index in [1.807, 2.05) is 17.8 Å². The number of rotatable bonds is 4. The molecule has 1 aromatic rings. The summed E-state index contributed by atoms with van der Waals surface area (Å²) in [5.41, 5.74) is 1.49. The summed E-state index contributed by atoms with van der Waals surface area (Å²) in [6.45, 7) is 2.83. The monoisotopic (exact) mass is 267 g/mol. The Balaban J connectivity index is 2.17. The molecule has 1 aromatic carbocycles. The molecule has 0 aliphatic carbocycles. The highest BCUT2D eigenvalue weighted by Gasteiger charge is 2.19. The first-order valence-electron chi connectivity index (χ1n) is 6.04. The minimum atomic E-state index is -1.43. The zero-order chi connectivity index (χ0) is 13.0. The molecular weight excluding hydrogens is 249 g/mol. The Labute approximate surface area is 112 Å². The van der Waals surface area contributed by atoms with Crippen LogP contribution in [0.5, 0.6) is 5.75 Å². The van der Waals surface area contributed by atoms with Crippen molar-refractivity contribution in [3.8, 4) is 5.75 Å². The van der Waals surface area contributed by atoms with E-state index in [9.17, 15) is 10.0 Å². The smallest absolute Gasteiger partial charge is 0.488 e. The lowest BCUT2D eigenvalue weighted by Gasteiger charge is -2.27. The summed E-state index contributed by atoms with van der Waals surface area (Å²) in [4.78, 5) is 2.33. The van der Waals surface area contributed by atoms with Crippen LogP contribution in [0.4, 0.5) is 0 Å². The van der Waals surface area contributed by atoms with Gasteiger partial charge in [-0.1, -0.05) is 6.07 Å². The van der Waals surface area contributed by atoms with Crippen LogP contribution in [0.1, 0.15) is 5.56 Å². The highest BCUT2D eigenvalue weighted by atomic mass is 32.2. The molecule has 1 aliphatic heterocycles. The highest BCUT2D eigenvalue weighted by Crippen LogP contribution is 2.16. The lowest BCUT2D eigenvalue weighted by atomic mass is 9.77. The van der Waals surface area contributed by atoms with Gasteiger partial charge in [-0.2, -0.15) is 11.8 Å². The fourth-order valence-corrected chi connectivity index (χ4v) is 3.08. The molecule has 1 aliphatic rings. The van der Waals surface area contributed by atoms with E-state index >= 15 is 0 Å². The second kappa shape index (κ2) is 6.47. The molecule has 0 aromatic heterocycles. The normalized spacial score (nSPS) is 16.6. The van der Waals surface area contributed by atoms with E-state index in [1.165, 1.54) is 0 Å². The summed E-state index contributed by atoms with van der Waals surface area (Å²) in [6, 6.07) is 5.36. The van der Waals surface area contributed by atoms with Crippen molar-refractivity contribution in [3.05, 3.63) is 23.8 Å². The van der Waals surface area contributed by atoms with Gasteiger partial charge in [0, 0.05) is 31.1 Å². The van der Waals surface area contributed by atoms with Crippen LogP contribution >= 0.6 is 11.8 Å². The largest absolute Gasteiger partial charge is 0.497 e. The first-order chi connectivity index (χ1) is 8.70. The second-order valence-corrected chi connectivity index (χ2v) is 5.55. The summed E-state index contributed by atoms with van der Waals surface area (Å²) in [5.74, 6) is 3.03. The Morgan fingerprint density at radius 1 is 1.33 bits per heavy atom. The lowest BCUT2D eigenvalue weighted by molar-refractivity contribution is 0.294. The van der Waals surface area contributed by atoms with Crippen LogP contribution in [0.15, 0.2) is 18.2 Å². The Hall–Kier alpha value is -0.685.